The SMILES string of the molecule is CS(=O)(=O)c1c([C@@H]2C[C@H]3CC[C@@H](C2)N3C(=O)c2nnc[nH]2)nc2c(-c3ccc(C(O)C(F)(F)F)nc3)cnn2c1N. The number of rotatable bonds is 5. The van der Waals surface area contributed by atoms with Gasteiger partial charge >= 0.3 is 6.18 Å². The van der Waals surface area contributed by atoms with Gasteiger partial charge in [0.2, 0.25) is 5.82 Å². The summed E-state index contributed by atoms with van der Waals surface area (Å²) in [5, 5.41) is 21.2. The number of carbonyl (C=O) groups is 1. The summed E-state index contributed by atoms with van der Waals surface area (Å²) in [5.74, 6) is -0.645. The molecular weight excluding hydrogens is 567 g/mol. The van der Waals surface area contributed by atoms with Gasteiger partial charge in [0.1, 0.15) is 17.0 Å². The van der Waals surface area contributed by atoms with Gasteiger partial charge in [-0.3, -0.25) is 9.78 Å². The lowest BCUT2D eigenvalue weighted by atomic mass is 9.87. The second kappa shape index (κ2) is 9.47. The number of aliphatic hydroxyl groups excluding tert-OH is 1. The molecule has 0 radical (unpaired) electrons. The van der Waals surface area contributed by atoms with Gasteiger partial charge in [-0.25, -0.2) is 13.4 Å². The van der Waals surface area contributed by atoms with E-state index in [-0.39, 0.29) is 51.8 Å². The second-order valence-corrected chi connectivity index (χ2v) is 12.2. The first-order valence-electron chi connectivity index (χ1n) is 12.6. The van der Waals surface area contributed by atoms with E-state index in [9.17, 15) is 31.5 Å². The Morgan fingerprint density at radius 3 is 2.46 bits per heavy atom. The Kier molecular flexibility index (Phi) is 6.25. The summed E-state index contributed by atoms with van der Waals surface area (Å²) in [7, 11) is -3.87. The summed E-state index contributed by atoms with van der Waals surface area (Å²) in [6.07, 6.45) is -0.397. The highest BCUT2D eigenvalue weighted by Crippen LogP contribution is 2.45. The molecule has 2 fully saturated rings. The molecule has 2 aliphatic rings. The molecule has 4 atom stereocenters. The highest BCUT2D eigenvalue weighted by molar-refractivity contribution is 7.91. The third-order valence-corrected chi connectivity index (χ3v) is 8.86. The third-order valence-electron chi connectivity index (χ3n) is 7.70. The van der Waals surface area contributed by atoms with E-state index in [1.807, 2.05) is 0 Å². The maximum atomic E-state index is 13.1. The number of piperidine rings is 1. The number of pyridine rings is 1. The monoisotopic (exact) mass is 591 g/mol. The number of alkyl halides is 3. The Hall–Kier alpha value is -4.12. The van der Waals surface area contributed by atoms with Crippen molar-refractivity contribution in [1.29, 1.82) is 0 Å². The molecule has 4 N–H and O–H groups in total. The number of fused-ring (bicyclic) bond motifs is 3. The first-order valence-corrected chi connectivity index (χ1v) is 14.5. The zero-order chi connectivity index (χ0) is 29.3. The molecule has 4 aromatic heterocycles. The van der Waals surface area contributed by atoms with E-state index < -0.39 is 27.8 Å². The predicted octanol–water partition coefficient (Wildman–Crippen LogP) is 2.04. The van der Waals surface area contributed by atoms with E-state index in [0.717, 1.165) is 31.4 Å². The molecule has 2 aliphatic heterocycles. The standard InChI is InChI=1S/C24H24F3N9O4S/c1-41(39,40)18-17(12-6-13-3-4-14(7-12)35(13)23(38)21-30-10-31-34-21)33-22-15(9-32-36(22)20(18)28)11-2-5-16(29-8-11)19(37)24(25,26)27/h2,5,8-10,12-14,19,37H,3-4,6-7,28H2,1H3,(H,30,31,34)/t12-,13-,14+,19?. The van der Waals surface area contributed by atoms with E-state index >= 15 is 0 Å². The van der Waals surface area contributed by atoms with Crippen molar-refractivity contribution >= 4 is 27.2 Å². The van der Waals surface area contributed by atoms with Crippen LogP contribution in [-0.2, 0) is 9.84 Å². The number of halogens is 3. The topological polar surface area (TPSA) is 185 Å². The molecule has 4 aromatic rings. The van der Waals surface area contributed by atoms with E-state index in [0.29, 0.717) is 24.0 Å². The number of amides is 1. The molecule has 6 rings (SSSR count). The number of aromatic amines is 1. The summed E-state index contributed by atoms with van der Waals surface area (Å²) < 4.78 is 65.8. The number of nitrogens with zero attached hydrogens (tertiary/aromatic N) is 7. The molecule has 13 nitrogen and oxygen atoms in total. The number of aromatic nitrogens is 7. The lowest BCUT2D eigenvalue weighted by Crippen LogP contribution is -2.46. The Bertz CT molecular complexity index is 1730. The maximum Gasteiger partial charge on any atom is 0.420 e. The summed E-state index contributed by atoms with van der Waals surface area (Å²) in [4.78, 5) is 25.9. The average Bonchev–Trinajstić information content (AvgIpc) is 3.65. The highest BCUT2D eigenvalue weighted by Gasteiger charge is 2.46. The molecule has 1 amide bonds. The van der Waals surface area contributed by atoms with Gasteiger partial charge in [-0.2, -0.15) is 22.8 Å². The molecule has 41 heavy (non-hydrogen) atoms. The van der Waals surface area contributed by atoms with Gasteiger partial charge in [-0.1, -0.05) is 6.07 Å². The fraction of sp³-hybridized carbons (Fsp3) is 0.417. The van der Waals surface area contributed by atoms with Crippen LogP contribution < -0.4 is 5.73 Å². The summed E-state index contributed by atoms with van der Waals surface area (Å²) >= 11 is 0. The van der Waals surface area contributed by atoms with Crippen molar-refractivity contribution < 1.29 is 31.5 Å². The number of nitrogens with one attached hydrogen (secondary N) is 1. The first-order chi connectivity index (χ1) is 19.3. The van der Waals surface area contributed by atoms with Crippen LogP contribution in [0.5, 0.6) is 0 Å². The maximum absolute atomic E-state index is 13.1. The van der Waals surface area contributed by atoms with Crippen LogP contribution in [0.3, 0.4) is 0 Å². The van der Waals surface area contributed by atoms with Gasteiger partial charge in [-0.15, -0.1) is 10.2 Å². The number of H-pyrrole nitrogens is 1. The van der Waals surface area contributed by atoms with Crippen LogP contribution >= 0.6 is 0 Å². The second-order valence-electron chi connectivity index (χ2n) is 10.3. The number of hydrogen-bond acceptors (Lipinski definition) is 10. The fourth-order valence-electron chi connectivity index (χ4n) is 5.94. The predicted molar refractivity (Wildman–Crippen MR) is 136 cm³/mol. The number of anilines is 1. The lowest BCUT2D eigenvalue weighted by molar-refractivity contribution is -0.207. The molecule has 0 spiro atoms. The molecule has 0 aromatic carbocycles. The number of sulfone groups is 1. The fourth-order valence-corrected chi connectivity index (χ4v) is 7.00. The Morgan fingerprint density at radius 2 is 1.90 bits per heavy atom. The smallest absolute Gasteiger partial charge is 0.382 e. The summed E-state index contributed by atoms with van der Waals surface area (Å²) in [6.45, 7) is 0. The van der Waals surface area contributed by atoms with E-state index in [1.165, 1.54) is 23.1 Å². The van der Waals surface area contributed by atoms with Gasteiger partial charge in [0.25, 0.3) is 5.91 Å². The van der Waals surface area contributed by atoms with Crippen molar-refractivity contribution in [2.45, 2.75) is 60.9 Å². The van der Waals surface area contributed by atoms with Gasteiger partial charge in [0, 0.05) is 41.6 Å². The first kappa shape index (κ1) is 27.1. The van der Waals surface area contributed by atoms with Crippen molar-refractivity contribution in [3.8, 4) is 11.1 Å². The van der Waals surface area contributed by atoms with Gasteiger partial charge in [0.15, 0.2) is 21.6 Å². The number of nitrogen functional groups attached to an aromatic ring is 1. The average molecular weight is 592 g/mol. The van der Waals surface area contributed by atoms with Gasteiger partial charge in [-0.05, 0) is 31.7 Å². The normalized spacial score (nSPS) is 21.9. The van der Waals surface area contributed by atoms with Crippen molar-refractivity contribution in [3.05, 3.63) is 48.1 Å². The molecule has 2 saturated heterocycles. The van der Waals surface area contributed by atoms with Crippen LogP contribution in [0.1, 0.15) is 59.7 Å². The quantitative estimate of drug-likeness (QED) is 0.310. The molecule has 0 aliphatic carbocycles. The number of carbonyl (C=O) groups excluding carboxylic acids is 1. The third kappa shape index (κ3) is 4.57. The number of hydrogen-bond donors (Lipinski definition) is 3. The number of aliphatic hydroxyl groups is 1. The number of nitrogens with two attached hydrogens (primary N) is 1. The van der Waals surface area contributed by atoms with Crippen LogP contribution in [-0.4, -0.2) is 83.6 Å². The van der Waals surface area contributed by atoms with Crippen LogP contribution in [0, 0.1) is 0 Å². The minimum absolute atomic E-state index is 0.132. The molecule has 2 bridgehead atoms. The molecule has 6 heterocycles. The van der Waals surface area contributed by atoms with Crippen molar-refractivity contribution in [1.82, 2.24) is 39.7 Å². The Balaban J connectivity index is 1.40. The van der Waals surface area contributed by atoms with Crippen LogP contribution in [0.25, 0.3) is 16.8 Å². The van der Waals surface area contributed by atoms with E-state index in [2.05, 4.69) is 25.3 Å². The molecule has 1 unspecified atom stereocenters. The van der Waals surface area contributed by atoms with Crippen molar-refractivity contribution in [2.75, 3.05) is 12.0 Å². The zero-order valence-corrected chi connectivity index (χ0v) is 22.3. The van der Waals surface area contributed by atoms with Crippen LogP contribution in [0.2, 0.25) is 0 Å². The highest BCUT2D eigenvalue weighted by atomic mass is 32.2. The zero-order valence-electron chi connectivity index (χ0n) is 21.4. The Morgan fingerprint density at radius 1 is 1.20 bits per heavy atom. The minimum Gasteiger partial charge on any atom is -0.382 e. The molecule has 0 saturated carbocycles. The molecule has 216 valence electrons. The van der Waals surface area contributed by atoms with Crippen LogP contribution in [0.15, 0.2) is 35.7 Å². The Labute approximate surface area is 230 Å². The van der Waals surface area contributed by atoms with E-state index in [1.54, 1.807) is 4.90 Å². The van der Waals surface area contributed by atoms with Crippen molar-refractivity contribution in [2.24, 2.45) is 0 Å². The summed E-state index contributed by atoms with van der Waals surface area (Å²) in [5.41, 5.74) is 6.94. The van der Waals surface area contributed by atoms with Crippen LogP contribution in [0.4, 0.5) is 19.0 Å². The summed E-state index contributed by atoms with van der Waals surface area (Å²) in [6, 6.07) is 2.03. The van der Waals surface area contributed by atoms with Gasteiger partial charge in [0.05, 0.1) is 17.6 Å². The van der Waals surface area contributed by atoms with E-state index in [4.69, 9.17) is 10.7 Å². The minimum atomic E-state index is -4.87. The van der Waals surface area contributed by atoms with Crippen molar-refractivity contribution in [3.63, 3.8) is 0 Å². The molecular formula is C24H24F3N9O4S. The lowest BCUT2D eigenvalue weighted by Gasteiger charge is -2.38. The molecule has 17 heteroatoms. The van der Waals surface area contributed by atoms with Gasteiger partial charge < -0.3 is 20.7 Å². The largest absolute Gasteiger partial charge is 0.420 e.